The van der Waals surface area contributed by atoms with Gasteiger partial charge in [-0.3, -0.25) is 4.79 Å². The van der Waals surface area contributed by atoms with Crippen LogP contribution in [-0.4, -0.2) is 22.0 Å². The van der Waals surface area contributed by atoms with Crippen LogP contribution in [0.1, 0.15) is 31.7 Å². The second-order valence-electron chi connectivity index (χ2n) is 6.85. The molecule has 0 spiro atoms. The predicted octanol–water partition coefficient (Wildman–Crippen LogP) is 4.58. The van der Waals surface area contributed by atoms with Crippen LogP contribution in [0.5, 0.6) is 0 Å². The summed E-state index contributed by atoms with van der Waals surface area (Å²) in [6.45, 7) is 4.64. The number of carbonyl (C=O) groups excluding carboxylic acids is 1. The van der Waals surface area contributed by atoms with Gasteiger partial charge in [-0.2, -0.15) is 0 Å². The highest BCUT2D eigenvalue weighted by atomic mass is 35.5. The van der Waals surface area contributed by atoms with Crippen molar-refractivity contribution in [2.24, 2.45) is 5.92 Å². The van der Waals surface area contributed by atoms with E-state index in [1.54, 1.807) is 12.1 Å². The first-order valence-corrected chi connectivity index (χ1v) is 9.50. The zero-order valence-corrected chi connectivity index (χ0v) is 16.3. The summed E-state index contributed by atoms with van der Waals surface area (Å²) in [6.07, 6.45) is 1.44. The minimum atomic E-state index is -0.324. The van der Waals surface area contributed by atoms with Crippen LogP contribution in [-0.2, 0) is 17.8 Å². The fourth-order valence-electron chi connectivity index (χ4n) is 3.00. The number of amides is 1. The Balaban J connectivity index is 1.83. The normalized spacial score (nSPS) is 11.3. The Morgan fingerprint density at radius 2 is 2.00 bits per heavy atom. The Labute approximate surface area is 163 Å². The zero-order valence-electron chi connectivity index (χ0n) is 15.5. The van der Waals surface area contributed by atoms with Gasteiger partial charge in [0, 0.05) is 29.5 Å². The predicted molar refractivity (Wildman–Crippen MR) is 106 cm³/mol. The van der Waals surface area contributed by atoms with Crippen molar-refractivity contribution >= 4 is 28.5 Å². The summed E-state index contributed by atoms with van der Waals surface area (Å²) in [6, 6.07) is 12.5. The van der Waals surface area contributed by atoms with E-state index >= 15 is 0 Å². The van der Waals surface area contributed by atoms with Crippen molar-refractivity contribution in [3.63, 3.8) is 0 Å². The number of fused-ring (bicyclic) bond motifs is 1. The quantitative estimate of drug-likeness (QED) is 0.603. The third-order valence-corrected chi connectivity index (χ3v) is 4.87. The minimum absolute atomic E-state index is 0.0298. The summed E-state index contributed by atoms with van der Waals surface area (Å²) < 4.78 is 16.3. The van der Waals surface area contributed by atoms with E-state index in [0.29, 0.717) is 30.1 Å². The van der Waals surface area contributed by atoms with E-state index in [0.717, 1.165) is 23.3 Å². The fourth-order valence-corrected chi connectivity index (χ4v) is 3.22. The van der Waals surface area contributed by atoms with Gasteiger partial charge < -0.3 is 9.88 Å². The van der Waals surface area contributed by atoms with Gasteiger partial charge in [0.25, 0.3) is 0 Å². The van der Waals surface area contributed by atoms with Crippen molar-refractivity contribution in [2.45, 2.75) is 33.2 Å². The smallest absolute Gasteiger partial charge is 0.222 e. The van der Waals surface area contributed by atoms with Crippen LogP contribution in [0.4, 0.5) is 4.39 Å². The number of imidazole rings is 1. The average molecular weight is 388 g/mol. The molecule has 0 bridgehead atoms. The van der Waals surface area contributed by atoms with Gasteiger partial charge in [0.2, 0.25) is 5.91 Å². The van der Waals surface area contributed by atoms with E-state index in [1.807, 2.05) is 42.7 Å². The van der Waals surface area contributed by atoms with Crippen LogP contribution in [0.15, 0.2) is 42.5 Å². The molecule has 6 heteroatoms. The van der Waals surface area contributed by atoms with Crippen LogP contribution >= 0.6 is 11.6 Å². The number of para-hydroxylation sites is 2. The second-order valence-corrected chi connectivity index (χ2v) is 7.26. The molecule has 0 radical (unpaired) electrons. The van der Waals surface area contributed by atoms with E-state index in [1.165, 1.54) is 6.07 Å². The van der Waals surface area contributed by atoms with Gasteiger partial charge in [-0.15, -0.1) is 0 Å². The van der Waals surface area contributed by atoms with Crippen molar-refractivity contribution in [1.82, 2.24) is 14.9 Å². The molecule has 1 amide bonds. The number of aromatic nitrogens is 2. The summed E-state index contributed by atoms with van der Waals surface area (Å²) in [5.74, 6) is 0.546. The highest BCUT2D eigenvalue weighted by Crippen LogP contribution is 2.24. The Bertz CT molecular complexity index is 931. The third kappa shape index (κ3) is 4.48. The molecule has 3 rings (SSSR count). The van der Waals surface area contributed by atoms with E-state index in [2.05, 4.69) is 5.32 Å². The molecule has 0 saturated carbocycles. The van der Waals surface area contributed by atoms with Crippen LogP contribution in [0, 0.1) is 11.7 Å². The molecule has 142 valence electrons. The monoisotopic (exact) mass is 387 g/mol. The molecule has 1 aromatic heterocycles. The van der Waals surface area contributed by atoms with Gasteiger partial charge in [-0.25, -0.2) is 9.37 Å². The van der Waals surface area contributed by atoms with Gasteiger partial charge in [0.1, 0.15) is 11.6 Å². The summed E-state index contributed by atoms with van der Waals surface area (Å²) >= 11 is 6.22. The maximum atomic E-state index is 14.3. The molecule has 1 N–H and O–H groups in total. The molecule has 0 atom stereocenters. The standard InChI is InChI=1S/C21H23ClFN3O/c1-14(2)21(27)24-12-6-11-20-25-18-9-3-4-10-19(18)26(20)13-15-16(22)7-5-8-17(15)23/h3-5,7-10,14H,6,11-13H2,1-2H3,(H,24,27). The topological polar surface area (TPSA) is 46.9 Å². The molecule has 3 aromatic rings. The van der Waals surface area contributed by atoms with Gasteiger partial charge in [0.15, 0.2) is 0 Å². The van der Waals surface area contributed by atoms with E-state index in [9.17, 15) is 9.18 Å². The maximum absolute atomic E-state index is 14.3. The zero-order chi connectivity index (χ0) is 19.4. The Morgan fingerprint density at radius 1 is 1.22 bits per heavy atom. The van der Waals surface area contributed by atoms with Gasteiger partial charge in [-0.05, 0) is 30.7 Å². The highest BCUT2D eigenvalue weighted by Gasteiger charge is 2.15. The highest BCUT2D eigenvalue weighted by molar-refractivity contribution is 6.31. The first-order chi connectivity index (χ1) is 13.0. The Morgan fingerprint density at radius 3 is 2.74 bits per heavy atom. The molecular weight excluding hydrogens is 365 g/mol. The lowest BCUT2D eigenvalue weighted by molar-refractivity contribution is -0.123. The number of halogens is 2. The number of hydrogen-bond acceptors (Lipinski definition) is 2. The molecular formula is C21H23ClFN3O. The van der Waals surface area contributed by atoms with Crippen LogP contribution in [0.3, 0.4) is 0 Å². The number of rotatable bonds is 7. The van der Waals surface area contributed by atoms with E-state index in [-0.39, 0.29) is 17.6 Å². The lowest BCUT2D eigenvalue weighted by Gasteiger charge is -2.12. The van der Waals surface area contributed by atoms with Crippen LogP contribution < -0.4 is 5.32 Å². The fraction of sp³-hybridized carbons (Fsp3) is 0.333. The average Bonchev–Trinajstić information content (AvgIpc) is 2.99. The number of benzene rings is 2. The largest absolute Gasteiger partial charge is 0.356 e. The first-order valence-electron chi connectivity index (χ1n) is 9.12. The molecule has 0 unspecified atom stereocenters. The molecule has 0 aliphatic heterocycles. The summed E-state index contributed by atoms with van der Waals surface area (Å²) in [5.41, 5.74) is 2.26. The van der Waals surface area contributed by atoms with Crippen molar-refractivity contribution in [3.8, 4) is 0 Å². The van der Waals surface area contributed by atoms with Crippen LogP contribution in [0.2, 0.25) is 5.02 Å². The maximum Gasteiger partial charge on any atom is 0.222 e. The molecule has 0 aliphatic rings. The van der Waals surface area contributed by atoms with E-state index in [4.69, 9.17) is 16.6 Å². The van der Waals surface area contributed by atoms with Crippen molar-refractivity contribution < 1.29 is 9.18 Å². The SMILES string of the molecule is CC(C)C(=O)NCCCc1nc2ccccc2n1Cc1c(F)cccc1Cl. The molecule has 0 saturated heterocycles. The summed E-state index contributed by atoms with van der Waals surface area (Å²) in [4.78, 5) is 16.4. The first kappa shape index (κ1) is 19.4. The third-order valence-electron chi connectivity index (χ3n) is 4.51. The van der Waals surface area contributed by atoms with Gasteiger partial charge in [-0.1, -0.05) is 43.6 Å². The lowest BCUT2D eigenvalue weighted by atomic mass is 10.2. The lowest BCUT2D eigenvalue weighted by Crippen LogP contribution is -2.28. The molecule has 4 nitrogen and oxygen atoms in total. The number of aryl methyl sites for hydroxylation is 1. The number of nitrogens with one attached hydrogen (secondary N) is 1. The van der Waals surface area contributed by atoms with Gasteiger partial charge in [0.05, 0.1) is 17.6 Å². The van der Waals surface area contributed by atoms with Crippen molar-refractivity contribution in [1.29, 1.82) is 0 Å². The Kier molecular flexibility index (Phi) is 6.11. The Hall–Kier alpha value is -2.40. The molecule has 27 heavy (non-hydrogen) atoms. The van der Waals surface area contributed by atoms with Crippen molar-refractivity contribution in [3.05, 3.63) is 64.7 Å². The van der Waals surface area contributed by atoms with Crippen molar-refractivity contribution in [2.75, 3.05) is 6.54 Å². The van der Waals surface area contributed by atoms with E-state index < -0.39 is 0 Å². The molecule has 0 fully saturated rings. The summed E-state index contributed by atoms with van der Waals surface area (Å²) in [5, 5.41) is 3.32. The van der Waals surface area contributed by atoms with Gasteiger partial charge >= 0.3 is 0 Å². The number of carbonyl (C=O) groups is 1. The number of hydrogen-bond donors (Lipinski definition) is 1. The molecule has 1 heterocycles. The minimum Gasteiger partial charge on any atom is -0.356 e. The molecule has 0 aliphatic carbocycles. The van der Waals surface area contributed by atoms with Crippen LogP contribution in [0.25, 0.3) is 11.0 Å². The summed E-state index contributed by atoms with van der Waals surface area (Å²) in [7, 11) is 0. The number of nitrogens with zero attached hydrogens (tertiary/aromatic N) is 2. The second kappa shape index (κ2) is 8.53. The molecule has 2 aromatic carbocycles.